The quantitative estimate of drug-likeness (QED) is 0.241. The SMILES string of the molecule is COc1cccc(/C=C2\N=C(c3ccccc3C)OC2=O)c1OCc1cccc(I)c1. The van der Waals surface area contributed by atoms with Crippen LogP contribution < -0.4 is 9.47 Å². The summed E-state index contributed by atoms with van der Waals surface area (Å²) in [6.07, 6.45) is 1.67. The maximum Gasteiger partial charge on any atom is 0.363 e. The molecule has 0 spiro atoms. The molecule has 4 rings (SSSR count). The van der Waals surface area contributed by atoms with Gasteiger partial charge in [-0.2, -0.15) is 0 Å². The third-order valence-electron chi connectivity index (χ3n) is 4.79. The zero-order valence-electron chi connectivity index (χ0n) is 17.1. The van der Waals surface area contributed by atoms with E-state index in [2.05, 4.69) is 33.6 Å². The van der Waals surface area contributed by atoms with Crippen LogP contribution >= 0.6 is 22.6 Å². The van der Waals surface area contributed by atoms with Gasteiger partial charge >= 0.3 is 5.97 Å². The van der Waals surface area contributed by atoms with Crippen LogP contribution in [0.15, 0.2) is 77.4 Å². The van der Waals surface area contributed by atoms with Crippen molar-refractivity contribution in [2.45, 2.75) is 13.5 Å². The lowest BCUT2D eigenvalue weighted by Gasteiger charge is -2.13. The van der Waals surface area contributed by atoms with Crippen molar-refractivity contribution in [2.24, 2.45) is 4.99 Å². The average molecular weight is 525 g/mol. The van der Waals surface area contributed by atoms with E-state index in [4.69, 9.17) is 14.2 Å². The molecule has 156 valence electrons. The smallest absolute Gasteiger partial charge is 0.363 e. The van der Waals surface area contributed by atoms with E-state index in [1.807, 2.05) is 67.6 Å². The van der Waals surface area contributed by atoms with Gasteiger partial charge in [0.15, 0.2) is 17.2 Å². The minimum absolute atomic E-state index is 0.214. The van der Waals surface area contributed by atoms with Crippen molar-refractivity contribution in [1.29, 1.82) is 0 Å². The van der Waals surface area contributed by atoms with E-state index in [-0.39, 0.29) is 5.70 Å². The van der Waals surface area contributed by atoms with Crippen LogP contribution in [-0.4, -0.2) is 19.0 Å². The highest BCUT2D eigenvalue weighted by atomic mass is 127. The molecule has 3 aromatic rings. The van der Waals surface area contributed by atoms with Gasteiger partial charge in [0.25, 0.3) is 0 Å². The first-order valence-electron chi connectivity index (χ1n) is 9.68. The minimum Gasteiger partial charge on any atom is -0.493 e. The number of aliphatic imine (C=N–C) groups is 1. The molecular weight excluding hydrogens is 505 g/mol. The molecular formula is C25H20INO4. The average Bonchev–Trinajstić information content (AvgIpc) is 3.13. The Morgan fingerprint density at radius 3 is 2.65 bits per heavy atom. The van der Waals surface area contributed by atoms with Crippen molar-refractivity contribution in [3.8, 4) is 11.5 Å². The van der Waals surface area contributed by atoms with Gasteiger partial charge in [-0.1, -0.05) is 42.5 Å². The Balaban J connectivity index is 1.67. The Labute approximate surface area is 194 Å². The Hall–Kier alpha value is -3.13. The summed E-state index contributed by atoms with van der Waals surface area (Å²) in [4.78, 5) is 16.9. The Morgan fingerprint density at radius 1 is 1.06 bits per heavy atom. The summed E-state index contributed by atoms with van der Waals surface area (Å²) >= 11 is 2.27. The van der Waals surface area contributed by atoms with Crippen LogP contribution in [0.1, 0.15) is 22.3 Å². The fourth-order valence-electron chi connectivity index (χ4n) is 3.23. The molecule has 0 atom stereocenters. The van der Waals surface area contributed by atoms with Gasteiger partial charge in [-0.05, 0) is 71.0 Å². The fourth-order valence-corrected chi connectivity index (χ4v) is 3.84. The van der Waals surface area contributed by atoms with E-state index in [0.717, 1.165) is 20.3 Å². The molecule has 1 aliphatic heterocycles. The first-order valence-corrected chi connectivity index (χ1v) is 10.8. The molecule has 0 aromatic heterocycles. The summed E-state index contributed by atoms with van der Waals surface area (Å²) in [5, 5.41) is 0. The van der Waals surface area contributed by atoms with Crippen LogP contribution in [0.25, 0.3) is 6.08 Å². The Bertz CT molecular complexity index is 1200. The topological polar surface area (TPSA) is 57.1 Å². The zero-order valence-corrected chi connectivity index (χ0v) is 19.3. The number of ether oxygens (including phenoxy) is 3. The van der Waals surface area contributed by atoms with Gasteiger partial charge in [-0.3, -0.25) is 0 Å². The number of hydrogen-bond acceptors (Lipinski definition) is 5. The summed E-state index contributed by atoms with van der Waals surface area (Å²) in [5.41, 5.74) is 3.71. The van der Waals surface area contributed by atoms with E-state index in [0.29, 0.717) is 29.6 Å². The standard InChI is InChI=1S/C25H20INO4/c1-16-7-3-4-11-20(16)24-27-21(25(28)31-24)14-18-9-6-12-22(29-2)23(18)30-15-17-8-5-10-19(26)13-17/h3-14H,15H2,1-2H3/b21-14-. The molecule has 1 aliphatic rings. The van der Waals surface area contributed by atoms with Gasteiger partial charge < -0.3 is 14.2 Å². The van der Waals surface area contributed by atoms with E-state index in [9.17, 15) is 4.79 Å². The van der Waals surface area contributed by atoms with Gasteiger partial charge in [-0.15, -0.1) is 0 Å². The Morgan fingerprint density at radius 2 is 1.87 bits per heavy atom. The van der Waals surface area contributed by atoms with Crippen molar-refractivity contribution in [2.75, 3.05) is 7.11 Å². The summed E-state index contributed by atoms with van der Waals surface area (Å²) in [5.74, 6) is 0.932. The fraction of sp³-hybridized carbons (Fsp3) is 0.120. The monoisotopic (exact) mass is 525 g/mol. The summed E-state index contributed by atoms with van der Waals surface area (Å²) in [7, 11) is 1.59. The van der Waals surface area contributed by atoms with Crippen LogP contribution in [0.4, 0.5) is 0 Å². The van der Waals surface area contributed by atoms with Crippen molar-refractivity contribution in [1.82, 2.24) is 0 Å². The van der Waals surface area contributed by atoms with Crippen molar-refractivity contribution in [3.05, 3.63) is 98.3 Å². The molecule has 0 fully saturated rings. The number of rotatable bonds is 6. The molecule has 0 aliphatic carbocycles. The maximum atomic E-state index is 12.5. The number of carbonyl (C=O) groups excluding carboxylic acids is 1. The number of hydrogen-bond donors (Lipinski definition) is 0. The molecule has 5 nitrogen and oxygen atoms in total. The molecule has 0 radical (unpaired) electrons. The first kappa shape index (κ1) is 21.1. The number of nitrogens with zero attached hydrogens (tertiary/aromatic N) is 1. The highest BCUT2D eigenvalue weighted by Crippen LogP contribution is 2.34. The number of para-hydroxylation sites is 1. The maximum absolute atomic E-state index is 12.5. The van der Waals surface area contributed by atoms with Gasteiger partial charge in [0.05, 0.1) is 7.11 Å². The number of halogens is 1. The van der Waals surface area contributed by atoms with Crippen LogP contribution in [0.3, 0.4) is 0 Å². The molecule has 0 saturated carbocycles. The van der Waals surface area contributed by atoms with E-state index >= 15 is 0 Å². The number of aryl methyl sites for hydroxylation is 1. The predicted octanol–water partition coefficient (Wildman–Crippen LogP) is 5.53. The third kappa shape index (κ3) is 4.80. The lowest BCUT2D eigenvalue weighted by Crippen LogP contribution is -2.06. The minimum atomic E-state index is -0.496. The van der Waals surface area contributed by atoms with Crippen molar-refractivity contribution in [3.63, 3.8) is 0 Å². The normalized spacial score (nSPS) is 14.4. The van der Waals surface area contributed by atoms with E-state index in [1.165, 1.54) is 0 Å². The van der Waals surface area contributed by atoms with Crippen LogP contribution in [0.5, 0.6) is 11.5 Å². The highest BCUT2D eigenvalue weighted by Gasteiger charge is 2.25. The van der Waals surface area contributed by atoms with Crippen molar-refractivity contribution >= 4 is 40.5 Å². The van der Waals surface area contributed by atoms with Crippen LogP contribution in [0.2, 0.25) is 0 Å². The molecule has 0 N–H and O–H groups in total. The number of benzene rings is 3. The van der Waals surface area contributed by atoms with Gasteiger partial charge in [0.1, 0.15) is 6.61 Å². The Kier molecular flexibility index (Phi) is 6.36. The molecule has 0 unspecified atom stereocenters. The third-order valence-corrected chi connectivity index (χ3v) is 5.46. The number of esters is 1. The van der Waals surface area contributed by atoms with E-state index in [1.54, 1.807) is 13.2 Å². The largest absolute Gasteiger partial charge is 0.493 e. The predicted molar refractivity (Wildman–Crippen MR) is 128 cm³/mol. The number of cyclic esters (lactones) is 1. The second kappa shape index (κ2) is 9.34. The lowest BCUT2D eigenvalue weighted by atomic mass is 10.1. The van der Waals surface area contributed by atoms with Gasteiger partial charge in [-0.25, -0.2) is 9.79 Å². The first-order chi connectivity index (χ1) is 15.0. The second-order valence-electron chi connectivity index (χ2n) is 6.95. The molecule has 1 heterocycles. The lowest BCUT2D eigenvalue weighted by molar-refractivity contribution is -0.129. The molecule has 31 heavy (non-hydrogen) atoms. The molecule has 6 heteroatoms. The summed E-state index contributed by atoms with van der Waals surface area (Å²) < 4.78 is 18.1. The van der Waals surface area contributed by atoms with Crippen molar-refractivity contribution < 1.29 is 19.0 Å². The number of methoxy groups -OCH3 is 1. The highest BCUT2D eigenvalue weighted by molar-refractivity contribution is 14.1. The van der Waals surface area contributed by atoms with E-state index < -0.39 is 5.97 Å². The molecule has 0 bridgehead atoms. The molecule has 3 aromatic carbocycles. The van der Waals surface area contributed by atoms with Gasteiger partial charge in [0, 0.05) is 14.7 Å². The summed E-state index contributed by atoms with van der Waals surface area (Å²) in [6.45, 7) is 2.32. The van der Waals surface area contributed by atoms with Crippen LogP contribution in [-0.2, 0) is 16.1 Å². The zero-order chi connectivity index (χ0) is 21.8. The van der Waals surface area contributed by atoms with Gasteiger partial charge in [0.2, 0.25) is 5.90 Å². The molecule has 0 amide bonds. The van der Waals surface area contributed by atoms with Crippen LogP contribution in [0, 0.1) is 10.5 Å². The second-order valence-corrected chi connectivity index (χ2v) is 8.19. The summed E-state index contributed by atoms with van der Waals surface area (Å²) in [6, 6.07) is 21.2. The number of carbonyl (C=O) groups is 1. The molecule has 0 saturated heterocycles.